The van der Waals surface area contributed by atoms with Gasteiger partial charge < -0.3 is 10.2 Å². The van der Waals surface area contributed by atoms with Crippen LogP contribution < -0.4 is 5.32 Å². The number of likely N-dealkylation sites (tertiary alicyclic amines) is 1. The van der Waals surface area contributed by atoms with Gasteiger partial charge in [0.15, 0.2) is 0 Å². The number of hydrogen-bond acceptors (Lipinski definition) is 4. The standard InChI is InChI=1S/C26H27N3O4/c1-17(2)29-25(32)21-10-9-19(16-22(21)26(29)33)24(31)28-14-12-20(13-15-28)27-23(30)11-8-18-6-4-3-5-7-18/h3-11,16-17,20H,12-15H2,1-2H3,(H,27,30)/b11-8+. The van der Waals surface area contributed by atoms with Gasteiger partial charge in [-0.3, -0.25) is 24.1 Å². The fourth-order valence-electron chi connectivity index (χ4n) is 4.26. The number of nitrogens with one attached hydrogen (secondary N) is 1. The highest BCUT2D eigenvalue weighted by atomic mass is 16.2. The summed E-state index contributed by atoms with van der Waals surface area (Å²) in [5.74, 6) is -0.999. The third-order valence-corrected chi connectivity index (χ3v) is 6.04. The summed E-state index contributed by atoms with van der Waals surface area (Å²) in [5, 5.41) is 3.00. The Hall–Kier alpha value is -3.74. The molecule has 0 aliphatic carbocycles. The molecule has 2 aliphatic heterocycles. The van der Waals surface area contributed by atoms with Crippen LogP contribution in [0.25, 0.3) is 6.08 Å². The number of nitrogens with zero attached hydrogens (tertiary/aromatic N) is 2. The van der Waals surface area contributed by atoms with E-state index in [9.17, 15) is 19.2 Å². The Bertz CT molecular complexity index is 1120. The van der Waals surface area contributed by atoms with E-state index in [-0.39, 0.29) is 41.3 Å². The van der Waals surface area contributed by atoms with E-state index in [1.807, 2.05) is 30.3 Å². The molecule has 170 valence electrons. The SMILES string of the molecule is CC(C)N1C(=O)c2ccc(C(=O)N3CCC(NC(=O)/C=C/c4ccccc4)CC3)cc2C1=O. The molecule has 0 spiro atoms. The molecule has 0 saturated carbocycles. The van der Waals surface area contributed by atoms with Crippen molar-refractivity contribution >= 4 is 29.7 Å². The molecule has 2 heterocycles. The van der Waals surface area contributed by atoms with Gasteiger partial charge in [0.25, 0.3) is 17.7 Å². The van der Waals surface area contributed by atoms with E-state index in [1.165, 1.54) is 17.0 Å². The van der Waals surface area contributed by atoms with Crippen molar-refractivity contribution in [3.05, 3.63) is 76.9 Å². The van der Waals surface area contributed by atoms with E-state index >= 15 is 0 Å². The highest BCUT2D eigenvalue weighted by Crippen LogP contribution is 2.26. The zero-order valence-electron chi connectivity index (χ0n) is 18.8. The Kier molecular flexibility index (Phi) is 6.40. The summed E-state index contributed by atoms with van der Waals surface area (Å²) in [6, 6.07) is 14.1. The molecule has 2 aromatic rings. The number of imide groups is 1. The molecule has 4 amide bonds. The molecular weight excluding hydrogens is 418 g/mol. The van der Waals surface area contributed by atoms with E-state index in [2.05, 4.69) is 5.32 Å². The van der Waals surface area contributed by atoms with E-state index in [0.717, 1.165) is 5.56 Å². The van der Waals surface area contributed by atoms with Gasteiger partial charge in [-0.15, -0.1) is 0 Å². The first kappa shape index (κ1) is 22.5. The van der Waals surface area contributed by atoms with Crippen LogP contribution in [0.4, 0.5) is 0 Å². The number of rotatable bonds is 5. The summed E-state index contributed by atoms with van der Waals surface area (Å²) in [5.41, 5.74) is 1.98. The van der Waals surface area contributed by atoms with Crippen molar-refractivity contribution in [3.63, 3.8) is 0 Å². The maximum atomic E-state index is 13.0. The summed E-state index contributed by atoms with van der Waals surface area (Å²) in [6.07, 6.45) is 4.60. The zero-order valence-corrected chi connectivity index (χ0v) is 18.8. The summed E-state index contributed by atoms with van der Waals surface area (Å²) in [4.78, 5) is 53.3. The number of carbonyl (C=O) groups excluding carboxylic acids is 4. The summed E-state index contributed by atoms with van der Waals surface area (Å²) >= 11 is 0. The average Bonchev–Trinajstić information content (AvgIpc) is 3.08. The van der Waals surface area contributed by atoms with Gasteiger partial charge in [0.05, 0.1) is 11.1 Å². The monoisotopic (exact) mass is 445 g/mol. The fraction of sp³-hybridized carbons (Fsp3) is 0.308. The van der Waals surface area contributed by atoms with Gasteiger partial charge in [-0.1, -0.05) is 30.3 Å². The van der Waals surface area contributed by atoms with Gasteiger partial charge in [0.2, 0.25) is 5.91 Å². The van der Waals surface area contributed by atoms with Crippen LogP contribution in [0.3, 0.4) is 0 Å². The second kappa shape index (κ2) is 9.40. The lowest BCUT2D eigenvalue weighted by Crippen LogP contribution is -2.46. The molecule has 0 atom stereocenters. The summed E-state index contributed by atoms with van der Waals surface area (Å²) in [6.45, 7) is 4.59. The van der Waals surface area contributed by atoms with E-state index < -0.39 is 0 Å². The van der Waals surface area contributed by atoms with Crippen molar-refractivity contribution < 1.29 is 19.2 Å². The number of hydrogen-bond donors (Lipinski definition) is 1. The van der Waals surface area contributed by atoms with Gasteiger partial charge in [0, 0.05) is 36.8 Å². The lowest BCUT2D eigenvalue weighted by atomic mass is 10.0. The minimum absolute atomic E-state index is 0.000734. The smallest absolute Gasteiger partial charge is 0.261 e. The number of fused-ring (bicyclic) bond motifs is 1. The quantitative estimate of drug-likeness (QED) is 0.566. The maximum Gasteiger partial charge on any atom is 0.261 e. The molecule has 33 heavy (non-hydrogen) atoms. The van der Waals surface area contributed by atoms with Crippen molar-refractivity contribution in [1.29, 1.82) is 0 Å². The lowest BCUT2D eigenvalue weighted by molar-refractivity contribution is -0.117. The van der Waals surface area contributed by atoms with Crippen LogP contribution in [0.5, 0.6) is 0 Å². The van der Waals surface area contributed by atoms with Crippen molar-refractivity contribution in [3.8, 4) is 0 Å². The molecule has 7 nitrogen and oxygen atoms in total. The number of carbonyl (C=O) groups is 4. The predicted octanol–water partition coefficient (Wildman–Crippen LogP) is 3.13. The second-order valence-corrected chi connectivity index (χ2v) is 8.65. The molecule has 0 radical (unpaired) electrons. The molecule has 1 fully saturated rings. The molecule has 7 heteroatoms. The van der Waals surface area contributed by atoms with Crippen LogP contribution in [-0.2, 0) is 4.79 Å². The topological polar surface area (TPSA) is 86.8 Å². The zero-order chi connectivity index (χ0) is 23.5. The maximum absolute atomic E-state index is 13.0. The predicted molar refractivity (Wildman–Crippen MR) is 125 cm³/mol. The molecule has 0 aromatic heterocycles. The normalized spacial score (nSPS) is 16.6. The average molecular weight is 446 g/mol. The Morgan fingerprint density at radius 1 is 0.970 bits per heavy atom. The van der Waals surface area contributed by atoms with Crippen LogP contribution in [-0.4, -0.2) is 58.6 Å². The molecular formula is C26H27N3O4. The third kappa shape index (κ3) is 4.72. The first-order valence-electron chi connectivity index (χ1n) is 11.2. The van der Waals surface area contributed by atoms with Gasteiger partial charge in [-0.25, -0.2) is 0 Å². The van der Waals surface area contributed by atoms with Gasteiger partial charge in [-0.2, -0.15) is 0 Å². The van der Waals surface area contributed by atoms with Crippen LogP contribution >= 0.6 is 0 Å². The van der Waals surface area contributed by atoms with Crippen LogP contribution in [0.15, 0.2) is 54.6 Å². The molecule has 0 bridgehead atoms. The van der Waals surface area contributed by atoms with Crippen LogP contribution in [0, 0.1) is 0 Å². The van der Waals surface area contributed by atoms with Crippen molar-refractivity contribution in [2.24, 2.45) is 0 Å². The largest absolute Gasteiger partial charge is 0.350 e. The van der Waals surface area contributed by atoms with Gasteiger partial charge >= 0.3 is 0 Å². The number of benzene rings is 2. The van der Waals surface area contributed by atoms with Gasteiger partial charge in [0.1, 0.15) is 0 Å². The lowest BCUT2D eigenvalue weighted by Gasteiger charge is -2.32. The Labute approximate surface area is 193 Å². The third-order valence-electron chi connectivity index (χ3n) is 6.04. The second-order valence-electron chi connectivity index (χ2n) is 8.65. The first-order chi connectivity index (χ1) is 15.8. The minimum atomic E-state index is -0.357. The molecule has 2 aromatic carbocycles. The Morgan fingerprint density at radius 2 is 1.64 bits per heavy atom. The van der Waals surface area contributed by atoms with E-state index in [1.54, 1.807) is 37.0 Å². The number of piperidine rings is 1. The first-order valence-corrected chi connectivity index (χ1v) is 11.2. The molecule has 0 unspecified atom stereocenters. The van der Waals surface area contributed by atoms with E-state index in [0.29, 0.717) is 37.1 Å². The fourth-order valence-corrected chi connectivity index (χ4v) is 4.26. The molecule has 1 N–H and O–H groups in total. The molecule has 2 aliphatic rings. The minimum Gasteiger partial charge on any atom is -0.350 e. The van der Waals surface area contributed by atoms with Crippen LogP contribution in [0.1, 0.15) is 63.3 Å². The Morgan fingerprint density at radius 3 is 2.30 bits per heavy atom. The Balaban J connectivity index is 1.34. The van der Waals surface area contributed by atoms with Crippen molar-refractivity contribution in [1.82, 2.24) is 15.1 Å². The summed E-state index contributed by atoms with van der Waals surface area (Å²) in [7, 11) is 0. The molecule has 4 rings (SSSR count). The van der Waals surface area contributed by atoms with Crippen molar-refractivity contribution in [2.45, 2.75) is 38.8 Å². The van der Waals surface area contributed by atoms with E-state index in [4.69, 9.17) is 0 Å². The number of amides is 4. The highest BCUT2D eigenvalue weighted by Gasteiger charge is 2.37. The molecule has 1 saturated heterocycles. The van der Waals surface area contributed by atoms with Crippen LogP contribution in [0.2, 0.25) is 0 Å². The van der Waals surface area contributed by atoms with Crippen molar-refractivity contribution in [2.75, 3.05) is 13.1 Å². The summed E-state index contributed by atoms with van der Waals surface area (Å²) < 4.78 is 0. The highest BCUT2D eigenvalue weighted by molar-refractivity contribution is 6.22. The van der Waals surface area contributed by atoms with Gasteiger partial charge in [-0.05, 0) is 56.5 Å².